The summed E-state index contributed by atoms with van der Waals surface area (Å²) in [5, 5.41) is 0.747. The predicted octanol–water partition coefficient (Wildman–Crippen LogP) is 4.43. The highest BCUT2D eigenvalue weighted by Gasteiger charge is 2.17. The first-order valence-corrected chi connectivity index (χ1v) is 8.77. The number of halogens is 2. The van der Waals surface area contributed by atoms with Gasteiger partial charge in [0.2, 0.25) is 0 Å². The molecular formula is C21H24F2N2O. The molecule has 0 aliphatic heterocycles. The van der Waals surface area contributed by atoms with E-state index in [2.05, 4.69) is 4.90 Å². The van der Waals surface area contributed by atoms with Gasteiger partial charge in [-0.1, -0.05) is 30.3 Å². The molecule has 0 bridgehead atoms. The van der Waals surface area contributed by atoms with Crippen LogP contribution in [0.2, 0.25) is 0 Å². The van der Waals surface area contributed by atoms with Crippen molar-refractivity contribution in [3.63, 3.8) is 0 Å². The van der Waals surface area contributed by atoms with Crippen molar-refractivity contribution in [1.82, 2.24) is 9.47 Å². The molecule has 1 heterocycles. The lowest BCUT2D eigenvalue weighted by Crippen LogP contribution is -2.15. The molecule has 0 aliphatic rings. The van der Waals surface area contributed by atoms with Gasteiger partial charge in [0.15, 0.2) is 0 Å². The van der Waals surface area contributed by atoms with E-state index in [1.165, 1.54) is 6.07 Å². The van der Waals surface area contributed by atoms with E-state index in [1.54, 1.807) is 10.6 Å². The van der Waals surface area contributed by atoms with Crippen molar-refractivity contribution in [2.75, 3.05) is 27.3 Å². The predicted molar refractivity (Wildman–Crippen MR) is 101 cm³/mol. The van der Waals surface area contributed by atoms with Crippen molar-refractivity contribution in [3.8, 4) is 5.75 Å². The normalized spacial score (nSPS) is 11.4. The van der Waals surface area contributed by atoms with Gasteiger partial charge in [0.25, 0.3) is 0 Å². The van der Waals surface area contributed by atoms with Crippen molar-refractivity contribution in [3.05, 3.63) is 65.6 Å². The van der Waals surface area contributed by atoms with Crippen LogP contribution in [0, 0.1) is 5.82 Å². The molecule has 2 aromatic carbocycles. The van der Waals surface area contributed by atoms with E-state index in [9.17, 15) is 8.78 Å². The number of benzene rings is 2. The van der Waals surface area contributed by atoms with E-state index in [4.69, 9.17) is 4.74 Å². The average Bonchev–Trinajstić information content (AvgIpc) is 3.00. The fourth-order valence-electron chi connectivity index (χ4n) is 3.11. The van der Waals surface area contributed by atoms with Crippen molar-refractivity contribution in [1.29, 1.82) is 0 Å². The number of aromatic nitrogens is 1. The Kier molecular flexibility index (Phi) is 5.89. The summed E-state index contributed by atoms with van der Waals surface area (Å²) < 4.78 is 35.1. The number of ether oxygens (including phenoxy) is 1. The Morgan fingerprint density at radius 1 is 1.08 bits per heavy atom. The van der Waals surface area contributed by atoms with Crippen LogP contribution in [0.3, 0.4) is 0 Å². The van der Waals surface area contributed by atoms with Crippen LogP contribution < -0.4 is 4.74 Å². The topological polar surface area (TPSA) is 17.4 Å². The summed E-state index contributed by atoms with van der Waals surface area (Å²) in [6.07, 6.45) is 2.60. The molecule has 0 saturated carbocycles. The van der Waals surface area contributed by atoms with E-state index in [0.717, 1.165) is 29.5 Å². The van der Waals surface area contributed by atoms with E-state index < -0.39 is 6.67 Å². The largest absolute Gasteiger partial charge is 0.488 e. The lowest BCUT2D eigenvalue weighted by atomic mass is 10.1. The van der Waals surface area contributed by atoms with Gasteiger partial charge in [-0.2, -0.15) is 0 Å². The summed E-state index contributed by atoms with van der Waals surface area (Å²) in [7, 11) is 3.99. The molecule has 3 nitrogen and oxygen atoms in total. The van der Waals surface area contributed by atoms with Crippen LogP contribution >= 0.6 is 0 Å². The summed E-state index contributed by atoms with van der Waals surface area (Å²) in [5.41, 5.74) is 2.44. The molecule has 1 aromatic heterocycles. The first-order chi connectivity index (χ1) is 12.6. The minimum Gasteiger partial charge on any atom is -0.488 e. The SMILES string of the molecule is CN(C)CCc1cn(CCF)c2c(F)ccc(OCc3ccccc3)c12. The molecule has 5 heteroatoms. The smallest absolute Gasteiger partial charge is 0.147 e. The van der Waals surface area contributed by atoms with Gasteiger partial charge >= 0.3 is 0 Å². The molecular weight excluding hydrogens is 334 g/mol. The molecule has 0 unspecified atom stereocenters. The van der Waals surface area contributed by atoms with Crippen molar-refractivity contribution >= 4 is 10.9 Å². The van der Waals surface area contributed by atoms with E-state index in [0.29, 0.717) is 17.9 Å². The standard InChI is InChI=1S/C21H24F2N2O/c1-24(2)12-10-17-14-25(13-11-22)21-18(23)8-9-19(20(17)21)26-15-16-6-4-3-5-7-16/h3-9,14H,10-13,15H2,1-2H3. The first kappa shape index (κ1) is 18.4. The Morgan fingerprint density at radius 2 is 1.85 bits per heavy atom. The highest BCUT2D eigenvalue weighted by Crippen LogP contribution is 2.33. The Morgan fingerprint density at radius 3 is 2.54 bits per heavy atom. The third kappa shape index (κ3) is 4.05. The lowest BCUT2D eigenvalue weighted by Gasteiger charge is -2.12. The van der Waals surface area contributed by atoms with Gasteiger partial charge in [-0.25, -0.2) is 8.78 Å². The minimum absolute atomic E-state index is 0.136. The van der Waals surface area contributed by atoms with Crippen molar-refractivity contribution < 1.29 is 13.5 Å². The Balaban J connectivity index is 2.00. The second-order valence-corrected chi connectivity index (χ2v) is 6.63. The van der Waals surface area contributed by atoms with E-state index in [-0.39, 0.29) is 12.4 Å². The maximum atomic E-state index is 14.5. The lowest BCUT2D eigenvalue weighted by molar-refractivity contribution is 0.309. The van der Waals surface area contributed by atoms with E-state index >= 15 is 0 Å². The van der Waals surface area contributed by atoms with Gasteiger partial charge in [-0.05, 0) is 43.8 Å². The number of hydrogen-bond donors (Lipinski definition) is 0. The van der Waals surface area contributed by atoms with Gasteiger partial charge in [-0.15, -0.1) is 0 Å². The zero-order valence-electron chi connectivity index (χ0n) is 15.2. The van der Waals surface area contributed by atoms with Gasteiger partial charge < -0.3 is 14.2 Å². The first-order valence-electron chi connectivity index (χ1n) is 8.77. The van der Waals surface area contributed by atoms with Crippen LogP contribution in [-0.2, 0) is 19.6 Å². The molecule has 26 heavy (non-hydrogen) atoms. The number of aryl methyl sites for hydroxylation is 1. The number of nitrogens with zero attached hydrogens (tertiary/aromatic N) is 2. The van der Waals surface area contributed by atoms with Crippen molar-refractivity contribution in [2.45, 2.75) is 19.6 Å². The molecule has 0 radical (unpaired) electrons. The molecule has 3 rings (SSSR count). The highest BCUT2D eigenvalue weighted by atomic mass is 19.1. The second-order valence-electron chi connectivity index (χ2n) is 6.63. The Hall–Kier alpha value is -2.40. The second kappa shape index (κ2) is 8.32. The fraction of sp³-hybridized carbons (Fsp3) is 0.333. The van der Waals surface area contributed by atoms with Crippen molar-refractivity contribution in [2.24, 2.45) is 0 Å². The van der Waals surface area contributed by atoms with Gasteiger partial charge in [-0.3, -0.25) is 0 Å². The minimum atomic E-state index is -0.536. The summed E-state index contributed by atoms with van der Waals surface area (Å²) in [6, 6.07) is 12.9. The summed E-state index contributed by atoms with van der Waals surface area (Å²) in [4.78, 5) is 2.07. The zero-order valence-corrected chi connectivity index (χ0v) is 15.2. The van der Waals surface area contributed by atoms with Crippen LogP contribution in [0.15, 0.2) is 48.7 Å². The highest BCUT2D eigenvalue weighted by molar-refractivity contribution is 5.90. The fourth-order valence-corrected chi connectivity index (χ4v) is 3.11. The number of fused-ring (bicyclic) bond motifs is 1. The van der Waals surface area contributed by atoms with Crippen LogP contribution in [0.1, 0.15) is 11.1 Å². The maximum absolute atomic E-state index is 14.5. The molecule has 0 fully saturated rings. The van der Waals surface area contributed by atoms with Gasteiger partial charge in [0, 0.05) is 18.1 Å². The van der Waals surface area contributed by atoms with Crippen LogP contribution in [0.25, 0.3) is 10.9 Å². The molecule has 138 valence electrons. The molecule has 0 aliphatic carbocycles. The third-order valence-corrected chi connectivity index (χ3v) is 4.40. The maximum Gasteiger partial charge on any atom is 0.147 e. The summed E-state index contributed by atoms with van der Waals surface area (Å²) in [6.45, 7) is 0.829. The number of rotatable bonds is 8. The quantitative estimate of drug-likeness (QED) is 0.593. The third-order valence-electron chi connectivity index (χ3n) is 4.40. The summed E-state index contributed by atoms with van der Waals surface area (Å²) in [5.74, 6) is 0.285. The molecule has 0 saturated heterocycles. The molecule has 0 spiro atoms. The summed E-state index contributed by atoms with van der Waals surface area (Å²) >= 11 is 0. The Labute approximate surface area is 152 Å². The van der Waals surface area contributed by atoms with Crippen LogP contribution in [-0.4, -0.2) is 36.8 Å². The molecule has 3 aromatic rings. The van der Waals surface area contributed by atoms with Crippen LogP contribution in [0.4, 0.5) is 8.78 Å². The number of alkyl halides is 1. The van der Waals surface area contributed by atoms with Gasteiger partial charge in [0.1, 0.15) is 24.8 Å². The van der Waals surface area contributed by atoms with Gasteiger partial charge in [0.05, 0.1) is 12.1 Å². The molecule has 0 N–H and O–H groups in total. The molecule has 0 atom stereocenters. The monoisotopic (exact) mass is 358 g/mol. The van der Waals surface area contributed by atoms with Crippen LogP contribution in [0.5, 0.6) is 5.75 Å². The number of hydrogen-bond acceptors (Lipinski definition) is 2. The molecule has 0 amide bonds. The zero-order chi connectivity index (χ0) is 18.5. The number of likely N-dealkylation sites (N-methyl/N-ethyl adjacent to an activating group) is 1. The average molecular weight is 358 g/mol. The Bertz CT molecular complexity index is 859. The van der Waals surface area contributed by atoms with E-state index in [1.807, 2.05) is 50.6 Å².